The molecule has 0 saturated heterocycles. The minimum Gasteiger partial charge on any atom is -0.330 e. The van der Waals surface area contributed by atoms with Crippen LogP contribution in [0.15, 0.2) is 0 Å². The molecule has 5 nitrogen and oxygen atoms in total. The number of nitrogens with two attached hydrogens (primary N) is 1. The maximum Gasteiger partial charge on any atom is 0.279 e. The SMILES string of the molecule is CCC(CCN)NS(=O)(=O)N(C)C. The Labute approximate surface area is 80.5 Å². The van der Waals surface area contributed by atoms with E-state index < -0.39 is 10.2 Å². The molecule has 0 fully saturated rings. The van der Waals surface area contributed by atoms with Crippen molar-refractivity contribution in [1.82, 2.24) is 9.03 Å². The smallest absolute Gasteiger partial charge is 0.279 e. The van der Waals surface area contributed by atoms with Gasteiger partial charge in [0.15, 0.2) is 0 Å². The quantitative estimate of drug-likeness (QED) is 0.620. The van der Waals surface area contributed by atoms with Crippen LogP contribution < -0.4 is 10.5 Å². The van der Waals surface area contributed by atoms with E-state index in [4.69, 9.17) is 5.73 Å². The maximum absolute atomic E-state index is 11.3. The zero-order chi connectivity index (χ0) is 10.5. The van der Waals surface area contributed by atoms with Gasteiger partial charge in [-0.15, -0.1) is 0 Å². The normalized spacial score (nSPS) is 14.8. The minimum absolute atomic E-state index is 0.0580. The van der Waals surface area contributed by atoms with Gasteiger partial charge < -0.3 is 5.73 Å². The molecule has 0 aromatic heterocycles. The minimum atomic E-state index is -3.30. The van der Waals surface area contributed by atoms with Crippen LogP contribution in [0, 0.1) is 0 Å². The van der Waals surface area contributed by atoms with Crippen molar-refractivity contribution in [1.29, 1.82) is 0 Å². The van der Waals surface area contributed by atoms with Crippen LogP contribution in [0.25, 0.3) is 0 Å². The van der Waals surface area contributed by atoms with Gasteiger partial charge in [-0.3, -0.25) is 0 Å². The van der Waals surface area contributed by atoms with Gasteiger partial charge >= 0.3 is 0 Å². The second-order valence-electron chi connectivity index (χ2n) is 3.09. The molecular weight excluding hydrogens is 190 g/mol. The molecule has 6 heteroatoms. The summed E-state index contributed by atoms with van der Waals surface area (Å²) in [7, 11) is -0.309. The lowest BCUT2D eigenvalue weighted by Gasteiger charge is -2.19. The highest BCUT2D eigenvalue weighted by molar-refractivity contribution is 7.87. The van der Waals surface area contributed by atoms with Crippen molar-refractivity contribution in [2.75, 3.05) is 20.6 Å². The molecule has 3 N–H and O–H groups in total. The van der Waals surface area contributed by atoms with Crippen LogP contribution in [-0.4, -0.2) is 39.4 Å². The Bertz CT molecular complexity index is 226. The fourth-order valence-electron chi connectivity index (χ4n) is 0.864. The molecular formula is C7H19N3O2S. The first-order valence-electron chi connectivity index (χ1n) is 4.33. The van der Waals surface area contributed by atoms with E-state index in [1.54, 1.807) is 0 Å². The second kappa shape index (κ2) is 5.54. The Morgan fingerprint density at radius 2 is 2.00 bits per heavy atom. The summed E-state index contributed by atoms with van der Waals surface area (Å²) in [5.74, 6) is 0. The molecule has 1 unspecified atom stereocenters. The predicted molar refractivity (Wildman–Crippen MR) is 53.5 cm³/mol. The van der Waals surface area contributed by atoms with Crippen LogP contribution in [0.1, 0.15) is 19.8 Å². The third kappa shape index (κ3) is 4.56. The summed E-state index contributed by atoms with van der Waals surface area (Å²) in [5, 5.41) is 0. The zero-order valence-corrected chi connectivity index (χ0v) is 9.26. The molecule has 80 valence electrons. The van der Waals surface area contributed by atoms with E-state index in [1.165, 1.54) is 14.1 Å². The second-order valence-corrected chi connectivity index (χ2v) is 5.00. The maximum atomic E-state index is 11.3. The molecule has 1 atom stereocenters. The number of nitrogens with one attached hydrogen (secondary N) is 1. The van der Waals surface area contributed by atoms with Crippen LogP contribution in [0.3, 0.4) is 0 Å². The van der Waals surface area contributed by atoms with E-state index >= 15 is 0 Å². The molecule has 0 heterocycles. The first-order valence-corrected chi connectivity index (χ1v) is 5.78. The van der Waals surface area contributed by atoms with E-state index in [0.717, 1.165) is 10.7 Å². The summed E-state index contributed by atoms with van der Waals surface area (Å²) < 4.78 is 26.4. The van der Waals surface area contributed by atoms with Crippen molar-refractivity contribution in [3.8, 4) is 0 Å². The lowest BCUT2D eigenvalue weighted by Crippen LogP contribution is -2.42. The van der Waals surface area contributed by atoms with Crippen molar-refractivity contribution in [2.45, 2.75) is 25.8 Å². The summed E-state index contributed by atoms with van der Waals surface area (Å²) in [6.07, 6.45) is 1.42. The van der Waals surface area contributed by atoms with Crippen molar-refractivity contribution in [3.05, 3.63) is 0 Å². The first-order chi connectivity index (χ1) is 5.94. The Morgan fingerprint density at radius 1 is 1.46 bits per heavy atom. The molecule has 0 rings (SSSR count). The van der Waals surface area contributed by atoms with Crippen LogP contribution >= 0.6 is 0 Å². The van der Waals surface area contributed by atoms with Crippen molar-refractivity contribution in [3.63, 3.8) is 0 Å². The Kier molecular flexibility index (Phi) is 5.46. The largest absolute Gasteiger partial charge is 0.330 e. The number of nitrogens with zero attached hydrogens (tertiary/aromatic N) is 1. The van der Waals surface area contributed by atoms with Gasteiger partial charge in [-0.2, -0.15) is 17.4 Å². The highest BCUT2D eigenvalue weighted by atomic mass is 32.2. The van der Waals surface area contributed by atoms with E-state index in [9.17, 15) is 8.42 Å². The average Bonchev–Trinajstić information content (AvgIpc) is 2.03. The van der Waals surface area contributed by atoms with E-state index in [-0.39, 0.29) is 6.04 Å². The summed E-state index contributed by atoms with van der Waals surface area (Å²) in [4.78, 5) is 0. The third-order valence-corrected chi connectivity index (χ3v) is 3.40. The average molecular weight is 209 g/mol. The van der Waals surface area contributed by atoms with E-state index in [1.807, 2.05) is 6.92 Å². The van der Waals surface area contributed by atoms with Crippen LogP contribution in [0.2, 0.25) is 0 Å². The number of rotatable bonds is 6. The Balaban J connectivity index is 4.23. The number of hydrogen-bond acceptors (Lipinski definition) is 3. The summed E-state index contributed by atoms with van der Waals surface area (Å²) in [6.45, 7) is 2.42. The molecule has 0 aromatic rings. The van der Waals surface area contributed by atoms with Crippen LogP contribution in [0.4, 0.5) is 0 Å². The molecule has 13 heavy (non-hydrogen) atoms. The Morgan fingerprint density at radius 3 is 2.31 bits per heavy atom. The van der Waals surface area contributed by atoms with Crippen LogP contribution in [-0.2, 0) is 10.2 Å². The van der Waals surface area contributed by atoms with E-state index in [0.29, 0.717) is 13.0 Å². The Hall–Kier alpha value is -0.170. The standard InChI is InChI=1S/C7H19N3O2S/c1-4-7(5-6-8)9-13(11,12)10(2)3/h7,9H,4-6,8H2,1-3H3. The van der Waals surface area contributed by atoms with Crippen molar-refractivity contribution in [2.24, 2.45) is 5.73 Å². The van der Waals surface area contributed by atoms with Gasteiger partial charge in [0.2, 0.25) is 0 Å². The van der Waals surface area contributed by atoms with Crippen molar-refractivity contribution >= 4 is 10.2 Å². The molecule has 0 aliphatic carbocycles. The highest BCUT2D eigenvalue weighted by Crippen LogP contribution is 2.00. The van der Waals surface area contributed by atoms with Crippen LogP contribution in [0.5, 0.6) is 0 Å². The number of hydrogen-bond donors (Lipinski definition) is 2. The van der Waals surface area contributed by atoms with Gasteiger partial charge in [0.05, 0.1) is 0 Å². The van der Waals surface area contributed by atoms with Gasteiger partial charge in [0, 0.05) is 20.1 Å². The zero-order valence-electron chi connectivity index (χ0n) is 8.45. The molecule has 0 aromatic carbocycles. The first kappa shape index (κ1) is 12.8. The lowest BCUT2D eigenvalue weighted by atomic mass is 10.2. The third-order valence-electron chi connectivity index (χ3n) is 1.80. The molecule has 0 spiro atoms. The predicted octanol–water partition coefficient (Wildman–Crippen LogP) is -0.490. The highest BCUT2D eigenvalue weighted by Gasteiger charge is 2.17. The van der Waals surface area contributed by atoms with Gasteiger partial charge in [0.1, 0.15) is 0 Å². The molecule has 0 aliphatic rings. The molecule has 0 saturated carbocycles. The lowest BCUT2D eigenvalue weighted by molar-refractivity contribution is 0.472. The van der Waals surface area contributed by atoms with Gasteiger partial charge in [0.25, 0.3) is 10.2 Å². The summed E-state index contributed by atoms with van der Waals surface area (Å²) in [6, 6.07) is -0.0580. The summed E-state index contributed by atoms with van der Waals surface area (Å²) >= 11 is 0. The fourth-order valence-corrected chi connectivity index (χ4v) is 1.78. The topological polar surface area (TPSA) is 75.4 Å². The molecule has 0 radical (unpaired) electrons. The summed E-state index contributed by atoms with van der Waals surface area (Å²) in [5.41, 5.74) is 5.35. The fraction of sp³-hybridized carbons (Fsp3) is 1.00. The molecule has 0 bridgehead atoms. The van der Waals surface area contributed by atoms with Gasteiger partial charge in [-0.25, -0.2) is 0 Å². The monoisotopic (exact) mass is 209 g/mol. The molecule has 0 aliphatic heterocycles. The van der Waals surface area contributed by atoms with Gasteiger partial charge in [-0.05, 0) is 19.4 Å². The van der Waals surface area contributed by atoms with Crippen molar-refractivity contribution < 1.29 is 8.42 Å². The van der Waals surface area contributed by atoms with Gasteiger partial charge in [-0.1, -0.05) is 6.92 Å². The molecule has 0 amide bonds. The van der Waals surface area contributed by atoms with E-state index in [2.05, 4.69) is 4.72 Å².